The average Bonchev–Trinajstić information content (AvgIpc) is 2.89. The van der Waals surface area contributed by atoms with Crippen LogP contribution in [-0.2, 0) is 4.74 Å². The molecule has 1 atom stereocenters. The Bertz CT molecular complexity index is 518. The van der Waals surface area contributed by atoms with Gasteiger partial charge in [0, 0.05) is 26.1 Å². The SMILES string of the molecule is COCC1CCN(c2nnc(C)c(C)c2C(N)=NO)C1. The molecule has 2 heterocycles. The fourth-order valence-electron chi connectivity index (χ4n) is 2.57. The van der Waals surface area contributed by atoms with Crippen molar-refractivity contribution in [2.45, 2.75) is 20.3 Å². The number of nitrogens with two attached hydrogens (primary N) is 1. The van der Waals surface area contributed by atoms with Gasteiger partial charge in [0.25, 0.3) is 0 Å². The van der Waals surface area contributed by atoms with Gasteiger partial charge >= 0.3 is 0 Å². The number of ether oxygens (including phenoxy) is 1. The molecule has 0 aromatic carbocycles. The lowest BCUT2D eigenvalue weighted by Gasteiger charge is -2.21. The lowest BCUT2D eigenvalue weighted by molar-refractivity contribution is 0.161. The highest BCUT2D eigenvalue weighted by Gasteiger charge is 2.27. The van der Waals surface area contributed by atoms with E-state index < -0.39 is 0 Å². The number of aryl methyl sites for hydroxylation is 1. The van der Waals surface area contributed by atoms with Gasteiger partial charge in [-0.15, -0.1) is 5.10 Å². The molecule has 1 saturated heterocycles. The molecule has 0 spiro atoms. The van der Waals surface area contributed by atoms with Crippen molar-refractivity contribution in [1.29, 1.82) is 0 Å². The molecule has 2 rings (SSSR count). The third kappa shape index (κ3) is 2.67. The molecule has 1 aliphatic heterocycles. The zero-order valence-electron chi connectivity index (χ0n) is 12.1. The first-order valence-electron chi connectivity index (χ1n) is 6.64. The minimum atomic E-state index is 0.0747. The second-order valence-corrected chi connectivity index (χ2v) is 5.15. The minimum Gasteiger partial charge on any atom is -0.409 e. The van der Waals surface area contributed by atoms with E-state index in [4.69, 9.17) is 15.7 Å². The first-order chi connectivity index (χ1) is 9.58. The van der Waals surface area contributed by atoms with Crippen molar-refractivity contribution in [1.82, 2.24) is 10.2 Å². The summed E-state index contributed by atoms with van der Waals surface area (Å²) in [6.07, 6.45) is 1.04. The summed E-state index contributed by atoms with van der Waals surface area (Å²) in [7, 11) is 1.71. The molecule has 1 aromatic heterocycles. The van der Waals surface area contributed by atoms with E-state index in [1.807, 2.05) is 13.8 Å². The fourth-order valence-corrected chi connectivity index (χ4v) is 2.57. The summed E-state index contributed by atoms with van der Waals surface area (Å²) in [6, 6.07) is 0. The molecule has 3 N–H and O–H groups in total. The van der Waals surface area contributed by atoms with Gasteiger partial charge in [0.15, 0.2) is 11.7 Å². The Morgan fingerprint density at radius 2 is 2.25 bits per heavy atom. The number of nitrogens with zero attached hydrogens (tertiary/aromatic N) is 4. The van der Waals surface area contributed by atoms with Crippen LogP contribution < -0.4 is 10.6 Å². The lowest BCUT2D eigenvalue weighted by Crippen LogP contribution is -2.28. The van der Waals surface area contributed by atoms with Crippen LogP contribution in [0, 0.1) is 19.8 Å². The number of oxime groups is 1. The highest BCUT2D eigenvalue weighted by Crippen LogP contribution is 2.27. The first-order valence-corrected chi connectivity index (χ1v) is 6.64. The average molecular weight is 279 g/mol. The van der Waals surface area contributed by atoms with Crippen molar-refractivity contribution >= 4 is 11.7 Å². The van der Waals surface area contributed by atoms with Crippen LogP contribution in [-0.4, -0.2) is 48.0 Å². The molecule has 1 unspecified atom stereocenters. The van der Waals surface area contributed by atoms with E-state index in [0.717, 1.165) is 37.4 Å². The Hall–Kier alpha value is -1.89. The van der Waals surface area contributed by atoms with Crippen molar-refractivity contribution < 1.29 is 9.94 Å². The standard InChI is InChI=1S/C13H21N5O2/c1-8-9(2)15-16-13(11(8)12(14)17-19)18-5-4-10(6-18)7-20-3/h10,19H,4-7H2,1-3H3,(H2,14,17). The van der Waals surface area contributed by atoms with Crippen LogP contribution in [0.1, 0.15) is 23.2 Å². The smallest absolute Gasteiger partial charge is 0.174 e. The molecule has 0 radical (unpaired) electrons. The molecule has 0 amide bonds. The van der Waals surface area contributed by atoms with Gasteiger partial charge in [0.1, 0.15) is 0 Å². The van der Waals surface area contributed by atoms with E-state index in [1.54, 1.807) is 7.11 Å². The molecule has 0 aliphatic carbocycles. The summed E-state index contributed by atoms with van der Waals surface area (Å²) in [6.45, 7) is 6.21. The quantitative estimate of drug-likeness (QED) is 0.364. The summed E-state index contributed by atoms with van der Waals surface area (Å²) in [5.41, 5.74) is 8.14. The number of anilines is 1. The van der Waals surface area contributed by atoms with Crippen molar-refractivity contribution in [3.05, 3.63) is 16.8 Å². The second kappa shape index (κ2) is 6.04. The van der Waals surface area contributed by atoms with Gasteiger partial charge in [-0.05, 0) is 25.8 Å². The van der Waals surface area contributed by atoms with Crippen molar-refractivity contribution in [3.8, 4) is 0 Å². The maximum absolute atomic E-state index is 8.98. The summed E-state index contributed by atoms with van der Waals surface area (Å²) in [5, 5.41) is 20.5. The van der Waals surface area contributed by atoms with E-state index in [-0.39, 0.29) is 5.84 Å². The number of hydrogen-bond acceptors (Lipinski definition) is 6. The highest BCUT2D eigenvalue weighted by atomic mass is 16.5. The normalized spacial score (nSPS) is 19.6. The van der Waals surface area contributed by atoms with Crippen molar-refractivity contribution in [2.24, 2.45) is 16.8 Å². The Morgan fingerprint density at radius 3 is 2.90 bits per heavy atom. The summed E-state index contributed by atoms with van der Waals surface area (Å²) >= 11 is 0. The van der Waals surface area contributed by atoms with E-state index in [0.29, 0.717) is 17.3 Å². The van der Waals surface area contributed by atoms with E-state index in [9.17, 15) is 0 Å². The van der Waals surface area contributed by atoms with E-state index in [2.05, 4.69) is 20.3 Å². The topological polar surface area (TPSA) is 96.9 Å². The zero-order valence-corrected chi connectivity index (χ0v) is 12.1. The second-order valence-electron chi connectivity index (χ2n) is 5.15. The molecule has 1 aliphatic rings. The number of rotatable bonds is 4. The van der Waals surface area contributed by atoms with Crippen LogP contribution in [0.15, 0.2) is 5.16 Å². The molecular weight excluding hydrogens is 258 g/mol. The zero-order chi connectivity index (χ0) is 14.7. The molecule has 7 nitrogen and oxygen atoms in total. The molecule has 110 valence electrons. The number of amidine groups is 1. The van der Waals surface area contributed by atoms with Crippen LogP contribution in [0.2, 0.25) is 0 Å². The van der Waals surface area contributed by atoms with Gasteiger partial charge in [-0.25, -0.2) is 0 Å². The van der Waals surface area contributed by atoms with Gasteiger partial charge in [0.05, 0.1) is 17.9 Å². The first kappa shape index (κ1) is 14.5. The largest absolute Gasteiger partial charge is 0.409 e. The Kier molecular flexibility index (Phi) is 4.39. The predicted molar refractivity (Wildman–Crippen MR) is 76.2 cm³/mol. The third-order valence-corrected chi connectivity index (χ3v) is 3.79. The third-order valence-electron chi connectivity index (χ3n) is 3.79. The van der Waals surface area contributed by atoms with Crippen LogP contribution in [0.25, 0.3) is 0 Å². The molecule has 0 bridgehead atoms. The maximum Gasteiger partial charge on any atom is 0.174 e. The Balaban J connectivity index is 2.35. The van der Waals surface area contributed by atoms with Gasteiger partial charge < -0.3 is 20.6 Å². The van der Waals surface area contributed by atoms with Crippen molar-refractivity contribution in [2.75, 3.05) is 31.7 Å². The van der Waals surface area contributed by atoms with Crippen molar-refractivity contribution in [3.63, 3.8) is 0 Å². The summed E-state index contributed by atoms with van der Waals surface area (Å²) in [5.74, 6) is 1.23. The molecule has 1 fully saturated rings. The Labute approximate surface area is 118 Å². The van der Waals surface area contributed by atoms with Gasteiger partial charge in [-0.3, -0.25) is 0 Å². The Morgan fingerprint density at radius 1 is 1.50 bits per heavy atom. The highest BCUT2D eigenvalue weighted by molar-refractivity contribution is 6.02. The molecule has 7 heteroatoms. The van der Waals surface area contributed by atoms with Gasteiger partial charge in [0.2, 0.25) is 0 Å². The molecule has 20 heavy (non-hydrogen) atoms. The summed E-state index contributed by atoms with van der Waals surface area (Å²) < 4.78 is 5.20. The molecule has 0 saturated carbocycles. The molecule has 1 aromatic rings. The number of methoxy groups -OCH3 is 1. The monoisotopic (exact) mass is 279 g/mol. The van der Waals surface area contributed by atoms with E-state index >= 15 is 0 Å². The van der Waals surface area contributed by atoms with Crippen LogP contribution in [0.3, 0.4) is 0 Å². The lowest BCUT2D eigenvalue weighted by atomic mass is 10.1. The maximum atomic E-state index is 8.98. The number of aromatic nitrogens is 2. The van der Waals surface area contributed by atoms with E-state index in [1.165, 1.54) is 0 Å². The minimum absolute atomic E-state index is 0.0747. The predicted octanol–water partition coefficient (Wildman–Crippen LogP) is 0.661. The number of hydrogen-bond donors (Lipinski definition) is 2. The molecular formula is C13H21N5O2. The van der Waals surface area contributed by atoms with Crippen LogP contribution >= 0.6 is 0 Å². The summed E-state index contributed by atoms with van der Waals surface area (Å²) in [4.78, 5) is 2.12. The van der Waals surface area contributed by atoms with Gasteiger partial charge in [-0.1, -0.05) is 5.16 Å². The van der Waals surface area contributed by atoms with Crippen LogP contribution in [0.4, 0.5) is 5.82 Å². The van der Waals surface area contributed by atoms with Gasteiger partial charge in [-0.2, -0.15) is 5.10 Å². The van der Waals surface area contributed by atoms with Crippen LogP contribution in [0.5, 0.6) is 0 Å². The fraction of sp³-hybridized carbons (Fsp3) is 0.615.